The monoisotopic (exact) mass is 486 g/mol. The Kier molecular flexibility index (Phi) is 7.16. The highest BCUT2D eigenvalue weighted by Gasteiger charge is 2.27. The van der Waals surface area contributed by atoms with Crippen molar-refractivity contribution in [2.45, 2.75) is 36.4 Å². The summed E-state index contributed by atoms with van der Waals surface area (Å²) in [6, 6.07) is 13.8. The van der Waals surface area contributed by atoms with E-state index in [0.717, 1.165) is 18.4 Å². The summed E-state index contributed by atoms with van der Waals surface area (Å²) in [6.45, 7) is 3.73. The van der Waals surface area contributed by atoms with Gasteiger partial charge in [-0.3, -0.25) is 4.79 Å². The molecule has 0 unspecified atom stereocenters. The van der Waals surface area contributed by atoms with Crippen molar-refractivity contribution in [3.05, 3.63) is 54.1 Å². The minimum Gasteiger partial charge on any atom is -0.496 e. The molecule has 1 aromatic heterocycles. The Labute approximate surface area is 198 Å². The van der Waals surface area contributed by atoms with Crippen LogP contribution in [0.1, 0.15) is 30.1 Å². The fourth-order valence-electron chi connectivity index (χ4n) is 3.81. The Bertz CT molecular complexity index is 1230. The van der Waals surface area contributed by atoms with Crippen LogP contribution in [-0.2, 0) is 16.6 Å². The number of carbonyl (C=O) groups is 1. The number of para-hydroxylation sites is 1. The second-order valence-corrected chi connectivity index (χ2v) is 10.5. The van der Waals surface area contributed by atoms with Crippen LogP contribution in [0.25, 0.3) is 11.4 Å². The van der Waals surface area contributed by atoms with E-state index in [1.54, 1.807) is 19.2 Å². The summed E-state index contributed by atoms with van der Waals surface area (Å²) >= 11 is 1.31. The number of ketones is 1. The molecular weight excluding hydrogens is 460 g/mol. The van der Waals surface area contributed by atoms with Gasteiger partial charge in [-0.25, -0.2) is 8.42 Å². The molecule has 0 bridgehead atoms. The molecule has 2 heterocycles. The van der Waals surface area contributed by atoms with Crippen molar-refractivity contribution in [2.75, 3.05) is 26.0 Å². The molecule has 3 aromatic rings. The van der Waals surface area contributed by atoms with E-state index in [-0.39, 0.29) is 16.4 Å². The van der Waals surface area contributed by atoms with Crippen LogP contribution < -0.4 is 4.74 Å². The van der Waals surface area contributed by atoms with Gasteiger partial charge in [0.1, 0.15) is 5.75 Å². The van der Waals surface area contributed by atoms with E-state index in [1.165, 1.54) is 28.2 Å². The maximum atomic E-state index is 12.8. The molecule has 174 valence electrons. The summed E-state index contributed by atoms with van der Waals surface area (Å²) in [6.07, 6.45) is 1.77. The number of nitrogens with zero attached hydrogens (tertiary/aromatic N) is 4. The molecule has 0 atom stereocenters. The van der Waals surface area contributed by atoms with Crippen molar-refractivity contribution in [2.24, 2.45) is 0 Å². The lowest BCUT2D eigenvalue weighted by Crippen LogP contribution is -2.27. The molecule has 10 heteroatoms. The average Bonchev–Trinajstić information content (AvgIpc) is 3.53. The molecule has 1 fully saturated rings. The van der Waals surface area contributed by atoms with E-state index in [0.29, 0.717) is 41.9 Å². The fourth-order valence-corrected chi connectivity index (χ4v) is 6.23. The van der Waals surface area contributed by atoms with Gasteiger partial charge in [0.2, 0.25) is 10.0 Å². The third-order valence-electron chi connectivity index (χ3n) is 5.59. The normalized spacial score (nSPS) is 14.5. The number of sulfonamides is 1. The first-order valence-electron chi connectivity index (χ1n) is 10.8. The Balaban J connectivity index is 1.46. The van der Waals surface area contributed by atoms with E-state index in [2.05, 4.69) is 10.2 Å². The molecule has 0 radical (unpaired) electrons. The van der Waals surface area contributed by atoms with Crippen molar-refractivity contribution in [1.29, 1.82) is 0 Å². The minimum absolute atomic E-state index is 0.102. The lowest BCUT2D eigenvalue weighted by Gasteiger charge is -2.15. The van der Waals surface area contributed by atoms with Crippen molar-refractivity contribution >= 4 is 27.6 Å². The number of Topliss-reactive ketones (excluding diaryl/α,β-unsaturated/α-hetero) is 1. The van der Waals surface area contributed by atoms with E-state index >= 15 is 0 Å². The highest BCUT2D eigenvalue weighted by atomic mass is 32.2. The summed E-state index contributed by atoms with van der Waals surface area (Å²) in [5.74, 6) is 1.45. The lowest BCUT2D eigenvalue weighted by molar-refractivity contribution is 0.102. The predicted molar refractivity (Wildman–Crippen MR) is 127 cm³/mol. The van der Waals surface area contributed by atoms with Gasteiger partial charge in [0.25, 0.3) is 0 Å². The largest absolute Gasteiger partial charge is 0.496 e. The fraction of sp³-hybridized carbons (Fsp3) is 0.348. The number of aromatic nitrogens is 3. The van der Waals surface area contributed by atoms with Crippen molar-refractivity contribution < 1.29 is 17.9 Å². The quantitative estimate of drug-likeness (QED) is 0.336. The molecule has 1 saturated heterocycles. The molecule has 33 heavy (non-hydrogen) atoms. The van der Waals surface area contributed by atoms with Gasteiger partial charge < -0.3 is 9.30 Å². The number of ether oxygens (including phenoxy) is 1. The van der Waals surface area contributed by atoms with Crippen molar-refractivity contribution in [3.8, 4) is 17.1 Å². The molecule has 4 rings (SSSR count). The maximum Gasteiger partial charge on any atom is 0.243 e. The summed E-state index contributed by atoms with van der Waals surface area (Å²) in [5.41, 5.74) is 1.30. The van der Waals surface area contributed by atoms with Gasteiger partial charge in [-0.15, -0.1) is 10.2 Å². The number of hydrogen-bond donors (Lipinski definition) is 0. The van der Waals surface area contributed by atoms with Gasteiger partial charge in [-0.1, -0.05) is 36.0 Å². The molecule has 0 aliphatic carbocycles. The number of methoxy groups -OCH3 is 1. The van der Waals surface area contributed by atoms with E-state index in [9.17, 15) is 13.2 Å². The van der Waals surface area contributed by atoms with Crippen LogP contribution in [0.15, 0.2) is 58.6 Å². The van der Waals surface area contributed by atoms with Gasteiger partial charge in [0.05, 0.1) is 23.3 Å². The Morgan fingerprint density at radius 3 is 2.42 bits per heavy atom. The van der Waals surface area contributed by atoms with Crippen LogP contribution in [-0.4, -0.2) is 59.2 Å². The first kappa shape index (κ1) is 23.5. The predicted octanol–water partition coefficient (Wildman–Crippen LogP) is 3.73. The topological polar surface area (TPSA) is 94.4 Å². The van der Waals surface area contributed by atoms with Crippen LogP contribution >= 0.6 is 11.8 Å². The van der Waals surface area contributed by atoms with Gasteiger partial charge in [-0.2, -0.15) is 4.31 Å². The molecule has 2 aromatic carbocycles. The van der Waals surface area contributed by atoms with Gasteiger partial charge in [0.15, 0.2) is 16.8 Å². The number of thioether (sulfide) groups is 1. The third-order valence-corrected chi connectivity index (χ3v) is 8.47. The molecule has 0 spiro atoms. The number of hydrogen-bond acceptors (Lipinski definition) is 7. The van der Waals surface area contributed by atoms with E-state index < -0.39 is 10.0 Å². The first-order chi connectivity index (χ1) is 16.0. The highest BCUT2D eigenvalue weighted by molar-refractivity contribution is 7.99. The van der Waals surface area contributed by atoms with Crippen LogP contribution in [0.4, 0.5) is 0 Å². The van der Waals surface area contributed by atoms with Gasteiger partial charge in [0, 0.05) is 25.2 Å². The second-order valence-electron chi connectivity index (χ2n) is 7.60. The lowest BCUT2D eigenvalue weighted by atomic mass is 10.1. The van der Waals surface area contributed by atoms with Gasteiger partial charge >= 0.3 is 0 Å². The van der Waals surface area contributed by atoms with Crippen LogP contribution in [0.2, 0.25) is 0 Å². The van der Waals surface area contributed by atoms with E-state index in [1.807, 2.05) is 35.8 Å². The molecule has 0 N–H and O–H groups in total. The van der Waals surface area contributed by atoms with Crippen molar-refractivity contribution in [1.82, 2.24) is 19.1 Å². The van der Waals surface area contributed by atoms with Crippen LogP contribution in [0.3, 0.4) is 0 Å². The molecule has 8 nitrogen and oxygen atoms in total. The zero-order chi connectivity index (χ0) is 23.4. The third kappa shape index (κ3) is 4.83. The summed E-state index contributed by atoms with van der Waals surface area (Å²) in [5, 5.41) is 9.24. The maximum absolute atomic E-state index is 12.8. The summed E-state index contributed by atoms with van der Waals surface area (Å²) < 4.78 is 34.2. The number of rotatable bonds is 9. The zero-order valence-corrected chi connectivity index (χ0v) is 20.2. The Morgan fingerprint density at radius 2 is 1.76 bits per heavy atom. The highest BCUT2D eigenvalue weighted by Crippen LogP contribution is 2.31. The molecular formula is C23H26N4O4S2. The summed E-state index contributed by atoms with van der Waals surface area (Å²) in [7, 11) is -1.88. The number of benzene rings is 2. The molecule has 0 saturated carbocycles. The minimum atomic E-state index is -3.49. The molecule has 0 amide bonds. The summed E-state index contributed by atoms with van der Waals surface area (Å²) in [4.78, 5) is 13.0. The van der Waals surface area contributed by atoms with Crippen LogP contribution in [0, 0.1) is 0 Å². The SMILES string of the molecule is CCn1c(SCC(=O)c2ccc(S(=O)(=O)N3CCCC3)cc2)nnc1-c1ccccc1OC. The smallest absolute Gasteiger partial charge is 0.243 e. The Morgan fingerprint density at radius 1 is 1.06 bits per heavy atom. The first-order valence-corrected chi connectivity index (χ1v) is 13.2. The Hall–Kier alpha value is -2.69. The number of carbonyl (C=O) groups excluding carboxylic acids is 1. The molecule has 1 aliphatic heterocycles. The van der Waals surface area contributed by atoms with Gasteiger partial charge in [-0.05, 0) is 44.0 Å². The van der Waals surface area contributed by atoms with Crippen molar-refractivity contribution in [3.63, 3.8) is 0 Å². The van der Waals surface area contributed by atoms with Crippen LogP contribution in [0.5, 0.6) is 5.75 Å². The standard InChI is InChI=1S/C23H26N4O4S2/c1-3-27-22(19-8-4-5-9-21(19)31-2)24-25-23(27)32-16-20(28)17-10-12-18(13-11-17)33(29,30)26-14-6-7-15-26/h4-5,8-13H,3,6-7,14-16H2,1-2H3. The average molecular weight is 487 g/mol. The molecule has 1 aliphatic rings. The van der Waals surface area contributed by atoms with E-state index in [4.69, 9.17) is 4.74 Å². The second kappa shape index (κ2) is 10.1. The zero-order valence-electron chi connectivity index (χ0n) is 18.6.